The number of likely N-dealkylation sites (tertiary alicyclic amines) is 1. The molecule has 0 aromatic rings. The van der Waals surface area contributed by atoms with Crippen molar-refractivity contribution in [2.75, 3.05) is 39.3 Å². The standard InChI is InChI=1S/C18H31N3O3S/c22-18(15-4-1-2-5-15)20-9-3-6-17(14-20)25(23,24)21-12-10-19(11-13-21)16-7-8-16/h15-17H,1-14H2/t17-/m1/s1. The van der Waals surface area contributed by atoms with Crippen LogP contribution in [0.4, 0.5) is 0 Å². The number of amides is 1. The Balaban J connectivity index is 1.37. The lowest BCUT2D eigenvalue weighted by Gasteiger charge is -2.39. The maximum atomic E-state index is 13.1. The second kappa shape index (κ2) is 7.16. The van der Waals surface area contributed by atoms with Gasteiger partial charge in [-0.1, -0.05) is 12.8 Å². The predicted molar refractivity (Wildman–Crippen MR) is 96.6 cm³/mol. The average Bonchev–Trinajstić information content (AvgIpc) is 3.35. The molecule has 25 heavy (non-hydrogen) atoms. The fourth-order valence-electron chi connectivity index (χ4n) is 4.79. The zero-order chi connectivity index (χ0) is 17.4. The van der Waals surface area contributed by atoms with E-state index in [-0.39, 0.29) is 11.8 Å². The van der Waals surface area contributed by atoms with E-state index in [9.17, 15) is 13.2 Å². The van der Waals surface area contributed by atoms with E-state index in [1.165, 1.54) is 12.8 Å². The van der Waals surface area contributed by atoms with Gasteiger partial charge in [-0.3, -0.25) is 9.69 Å². The van der Waals surface area contributed by atoms with Gasteiger partial charge < -0.3 is 4.90 Å². The first-order chi connectivity index (χ1) is 12.1. The lowest BCUT2D eigenvalue weighted by Crippen LogP contribution is -2.55. The molecule has 2 aliphatic heterocycles. The van der Waals surface area contributed by atoms with Crippen molar-refractivity contribution in [3.8, 4) is 0 Å². The smallest absolute Gasteiger partial charge is 0.225 e. The normalized spacial score (nSPS) is 30.7. The van der Waals surface area contributed by atoms with E-state index in [2.05, 4.69) is 4.90 Å². The van der Waals surface area contributed by atoms with Crippen LogP contribution in [0.2, 0.25) is 0 Å². The van der Waals surface area contributed by atoms with Gasteiger partial charge in [-0.15, -0.1) is 0 Å². The molecule has 2 saturated carbocycles. The molecule has 1 amide bonds. The van der Waals surface area contributed by atoms with Crippen LogP contribution in [-0.2, 0) is 14.8 Å². The average molecular weight is 370 g/mol. The predicted octanol–water partition coefficient (Wildman–Crippen LogP) is 1.28. The van der Waals surface area contributed by atoms with Crippen molar-refractivity contribution >= 4 is 15.9 Å². The maximum absolute atomic E-state index is 13.1. The molecular weight excluding hydrogens is 338 g/mol. The van der Waals surface area contributed by atoms with Gasteiger partial charge in [0, 0.05) is 51.2 Å². The summed E-state index contributed by atoms with van der Waals surface area (Å²) in [5.74, 6) is 0.347. The number of hydrogen-bond donors (Lipinski definition) is 0. The van der Waals surface area contributed by atoms with E-state index in [1.807, 2.05) is 4.90 Å². The van der Waals surface area contributed by atoms with Gasteiger partial charge >= 0.3 is 0 Å². The highest BCUT2D eigenvalue weighted by Gasteiger charge is 2.40. The number of piperazine rings is 1. The zero-order valence-electron chi connectivity index (χ0n) is 15.1. The molecule has 142 valence electrons. The van der Waals surface area contributed by atoms with Crippen molar-refractivity contribution in [2.24, 2.45) is 5.92 Å². The Bertz CT molecular complexity index is 591. The first-order valence-corrected chi connectivity index (χ1v) is 11.6. The molecular formula is C18H31N3O3S. The molecule has 0 unspecified atom stereocenters. The third-order valence-corrected chi connectivity index (χ3v) is 8.82. The minimum Gasteiger partial charge on any atom is -0.341 e. The monoisotopic (exact) mass is 369 g/mol. The van der Waals surface area contributed by atoms with Crippen LogP contribution in [0.1, 0.15) is 51.4 Å². The molecule has 0 aromatic carbocycles. The van der Waals surface area contributed by atoms with Crippen LogP contribution < -0.4 is 0 Å². The van der Waals surface area contributed by atoms with Gasteiger partial charge in [0.1, 0.15) is 0 Å². The molecule has 0 aromatic heterocycles. The number of hydrogen-bond acceptors (Lipinski definition) is 4. The highest BCUT2D eigenvalue weighted by molar-refractivity contribution is 7.89. The van der Waals surface area contributed by atoms with Crippen LogP contribution in [0, 0.1) is 5.92 Å². The Morgan fingerprint density at radius 1 is 0.800 bits per heavy atom. The summed E-state index contributed by atoms with van der Waals surface area (Å²) in [6, 6.07) is 0.707. The fraction of sp³-hybridized carbons (Fsp3) is 0.944. The highest BCUT2D eigenvalue weighted by Crippen LogP contribution is 2.31. The largest absolute Gasteiger partial charge is 0.341 e. The number of carbonyl (C=O) groups excluding carboxylic acids is 1. The van der Waals surface area contributed by atoms with Gasteiger partial charge in [0.25, 0.3) is 0 Å². The van der Waals surface area contributed by atoms with Crippen LogP contribution in [0.5, 0.6) is 0 Å². The third kappa shape index (κ3) is 3.74. The first kappa shape index (κ1) is 17.7. The lowest BCUT2D eigenvalue weighted by molar-refractivity contribution is -0.136. The summed E-state index contributed by atoms with van der Waals surface area (Å²) in [5.41, 5.74) is 0. The molecule has 0 bridgehead atoms. The lowest BCUT2D eigenvalue weighted by atomic mass is 10.0. The van der Waals surface area contributed by atoms with Gasteiger partial charge in [-0.2, -0.15) is 4.31 Å². The van der Waals surface area contributed by atoms with E-state index >= 15 is 0 Å². The molecule has 7 heteroatoms. The molecule has 1 atom stereocenters. The Morgan fingerprint density at radius 3 is 2.12 bits per heavy atom. The Hall–Kier alpha value is -0.660. The van der Waals surface area contributed by atoms with Gasteiger partial charge in [-0.05, 0) is 38.5 Å². The molecule has 4 rings (SSSR count). The quantitative estimate of drug-likeness (QED) is 0.749. The van der Waals surface area contributed by atoms with Gasteiger partial charge in [0.2, 0.25) is 15.9 Å². The second-order valence-electron chi connectivity index (χ2n) is 8.24. The summed E-state index contributed by atoms with van der Waals surface area (Å²) in [5, 5.41) is -0.404. The Morgan fingerprint density at radius 2 is 1.48 bits per heavy atom. The second-order valence-corrected chi connectivity index (χ2v) is 10.5. The van der Waals surface area contributed by atoms with E-state index in [4.69, 9.17) is 0 Å². The molecule has 6 nitrogen and oxygen atoms in total. The van der Waals surface area contributed by atoms with Crippen LogP contribution in [-0.4, -0.2) is 79.0 Å². The third-order valence-electron chi connectivity index (χ3n) is 6.51. The molecule has 4 fully saturated rings. The molecule has 2 heterocycles. The van der Waals surface area contributed by atoms with Crippen LogP contribution in [0.25, 0.3) is 0 Å². The fourth-order valence-corrected chi connectivity index (χ4v) is 6.71. The van der Waals surface area contributed by atoms with E-state index < -0.39 is 15.3 Å². The van der Waals surface area contributed by atoms with Crippen LogP contribution in [0.15, 0.2) is 0 Å². The molecule has 4 aliphatic rings. The molecule has 0 spiro atoms. The van der Waals surface area contributed by atoms with Crippen molar-refractivity contribution in [3.63, 3.8) is 0 Å². The first-order valence-electron chi connectivity index (χ1n) is 10.1. The van der Waals surface area contributed by atoms with Gasteiger partial charge in [-0.25, -0.2) is 8.42 Å². The maximum Gasteiger partial charge on any atom is 0.225 e. The van der Waals surface area contributed by atoms with Crippen LogP contribution >= 0.6 is 0 Å². The van der Waals surface area contributed by atoms with Crippen molar-refractivity contribution in [1.82, 2.24) is 14.1 Å². The summed E-state index contributed by atoms with van der Waals surface area (Å²) >= 11 is 0. The minimum absolute atomic E-state index is 0.142. The molecule has 2 aliphatic carbocycles. The van der Waals surface area contributed by atoms with E-state index in [1.54, 1.807) is 4.31 Å². The van der Waals surface area contributed by atoms with E-state index in [0.717, 1.165) is 51.7 Å². The van der Waals surface area contributed by atoms with Gasteiger partial charge in [0.15, 0.2) is 0 Å². The minimum atomic E-state index is -3.29. The number of piperidine rings is 1. The molecule has 0 radical (unpaired) electrons. The molecule has 0 N–H and O–H groups in total. The Labute approximate surface area is 151 Å². The summed E-state index contributed by atoms with van der Waals surface area (Å²) in [6.07, 6.45) is 8.28. The highest BCUT2D eigenvalue weighted by atomic mass is 32.2. The van der Waals surface area contributed by atoms with Crippen molar-refractivity contribution in [3.05, 3.63) is 0 Å². The SMILES string of the molecule is O=C(C1CCCC1)N1CCC[C@@H](S(=O)(=O)N2CCN(C3CC3)CC2)C1. The summed E-state index contributed by atoms with van der Waals surface area (Å²) in [7, 11) is -3.29. The van der Waals surface area contributed by atoms with Crippen molar-refractivity contribution < 1.29 is 13.2 Å². The van der Waals surface area contributed by atoms with Crippen LogP contribution in [0.3, 0.4) is 0 Å². The van der Waals surface area contributed by atoms with Crippen molar-refractivity contribution in [2.45, 2.75) is 62.7 Å². The van der Waals surface area contributed by atoms with E-state index in [0.29, 0.717) is 32.1 Å². The summed E-state index contributed by atoms with van der Waals surface area (Å²) < 4.78 is 27.9. The topological polar surface area (TPSA) is 60.9 Å². The molecule has 2 saturated heterocycles. The number of sulfonamides is 1. The van der Waals surface area contributed by atoms with Crippen molar-refractivity contribution in [1.29, 1.82) is 0 Å². The Kier molecular flexibility index (Phi) is 5.08. The summed E-state index contributed by atoms with van der Waals surface area (Å²) in [4.78, 5) is 17.0. The number of carbonyl (C=O) groups is 1. The summed E-state index contributed by atoms with van der Waals surface area (Å²) in [6.45, 7) is 4.10. The zero-order valence-corrected chi connectivity index (χ0v) is 15.9. The number of nitrogens with zero attached hydrogens (tertiary/aromatic N) is 3. The van der Waals surface area contributed by atoms with Gasteiger partial charge in [0.05, 0.1) is 5.25 Å². The number of rotatable bonds is 4.